The van der Waals surface area contributed by atoms with Crippen LogP contribution in [-0.2, 0) is 6.54 Å². The monoisotopic (exact) mass is 394 g/mol. The average molecular weight is 394 g/mol. The molecule has 1 saturated heterocycles. The lowest BCUT2D eigenvalue weighted by Crippen LogP contribution is -2.48. The molecule has 2 N–H and O–H groups in total. The third-order valence-corrected chi connectivity index (χ3v) is 5.33. The highest BCUT2D eigenvalue weighted by molar-refractivity contribution is 5.97. The number of aromatic amines is 1. The molecule has 150 valence electrons. The highest BCUT2D eigenvalue weighted by Gasteiger charge is 2.24. The Morgan fingerprint density at radius 1 is 1.07 bits per heavy atom. The predicted octanol–water partition coefficient (Wildman–Crippen LogP) is 1.38. The van der Waals surface area contributed by atoms with Crippen molar-refractivity contribution in [1.29, 1.82) is 0 Å². The molecule has 29 heavy (non-hydrogen) atoms. The van der Waals surface area contributed by atoms with Crippen LogP contribution in [0, 0.1) is 0 Å². The number of nitrogens with zero attached hydrogens (tertiary/aromatic N) is 3. The molecule has 2 heterocycles. The van der Waals surface area contributed by atoms with E-state index < -0.39 is 5.69 Å². The molecule has 8 nitrogen and oxygen atoms in total. The first-order valence-electron chi connectivity index (χ1n) is 9.58. The van der Waals surface area contributed by atoms with Gasteiger partial charge in [0.2, 0.25) is 0 Å². The van der Waals surface area contributed by atoms with Crippen LogP contribution >= 0.6 is 0 Å². The van der Waals surface area contributed by atoms with Crippen molar-refractivity contribution in [3.63, 3.8) is 0 Å². The van der Waals surface area contributed by atoms with E-state index in [4.69, 9.17) is 0 Å². The number of carbonyl (C=O) groups is 1. The van der Waals surface area contributed by atoms with E-state index in [1.165, 1.54) is 0 Å². The van der Waals surface area contributed by atoms with Crippen molar-refractivity contribution in [2.24, 2.45) is 0 Å². The van der Waals surface area contributed by atoms with Crippen LogP contribution in [0.4, 0.5) is 5.69 Å². The minimum absolute atomic E-state index is 0.149. The van der Waals surface area contributed by atoms with Crippen LogP contribution in [0.2, 0.25) is 0 Å². The number of carbonyl (C=O) groups excluding carboxylic acids is 1. The van der Waals surface area contributed by atoms with E-state index in [9.17, 15) is 19.5 Å². The fraction of sp³-hybridized carbons (Fsp3) is 0.286. The van der Waals surface area contributed by atoms with Crippen molar-refractivity contribution < 1.29 is 9.90 Å². The lowest BCUT2D eigenvalue weighted by molar-refractivity contribution is 0.0747. The van der Waals surface area contributed by atoms with Gasteiger partial charge in [-0.3, -0.25) is 14.2 Å². The molecule has 2 aromatic carbocycles. The number of phenols is 1. The summed E-state index contributed by atoms with van der Waals surface area (Å²) >= 11 is 0. The van der Waals surface area contributed by atoms with Crippen LogP contribution in [0.15, 0.2) is 52.1 Å². The van der Waals surface area contributed by atoms with E-state index in [0.29, 0.717) is 42.6 Å². The van der Waals surface area contributed by atoms with Gasteiger partial charge in [0.05, 0.1) is 16.6 Å². The molecule has 0 bridgehead atoms. The molecule has 1 fully saturated rings. The number of para-hydroxylation sites is 2. The normalized spacial score (nSPS) is 14.4. The van der Waals surface area contributed by atoms with Crippen molar-refractivity contribution in [1.82, 2.24) is 14.5 Å². The average Bonchev–Trinajstić information content (AvgIpc) is 2.73. The molecule has 0 saturated carbocycles. The van der Waals surface area contributed by atoms with Crippen molar-refractivity contribution in [3.8, 4) is 5.75 Å². The summed E-state index contributed by atoms with van der Waals surface area (Å²) in [5.74, 6) is 0.0767. The lowest BCUT2D eigenvalue weighted by atomic mass is 10.1. The van der Waals surface area contributed by atoms with Gasteiger partial charge in [0, 0.05) is 38.3 Å². The van der Waals surface area contributed by atoms with Crippen molar-refractivity contribution in [2.75, 3.05) is 31.1 Å². The molecule has 3 aromatic rings. The Morgan fingerprint density at radius 3 is 2.48 bits per heavy atom. The molecule has 1 aromatic heterocycles. The summed E-state index contributed by atoms with van der Waals surface area (Å²) in [4.78, 5) is 43.8. The van der Waals surface area contributed by atoms with Crippen molar-refractivity contribution >= 4 is 22.5 Å². The van der Waals surface area contributed by atoms with E-state index in [1.54, 1.807) is 42.2 Å². The zero-order valence-corrected chi connectivity index (χ0v) is 16.1. The number of hydrogen-bond acceptors (Lipinski definition) is 5. The van der Waals surface area contributed by atoms with Crippen LogP contribution in [-0.4, -0.2) is 51.6 Å². The fourth-order valence-electron chi connectivity index (χ4n) is 3.74. The zero-order chi connectivity index (χ0) is 20.5. The highest BCUT2D eigenvalue weighted by Crippen LogP contribution is 2.27. The van der Waals surface area contributed by atoms with Crippen molar-refractivity contribution in [2.45, 2.75) is 13.5 Å². The maximum Gasteiger partial charge on any atom is 0.328 e. The molecule has 0 unspecified atom stereocenters. The SMILES string of the molecule is CCn1c(=O)[nH]c2cc(C(=O)N3CCN(c4ccccc4O)CC3)ccc2c1=O. The summed E-state index contributed by atoms with van der Waals surface area (Å²) in [6, 6.07) is 11.9. The van der Waals surface area contributed by atoms with Gasteiger partial charge < -0.3 is 19.9 Å². The second kappa shape index (κ2) is 7.46. The third-order valence-electron chi connectivity index (χ3n) is 5.33. The first-order valence-corrected chi connectivity index (χ1v) is 9.58. The molecule has 1 amide bonds. The summed E-state index contributed by atoms with van der Waals surface area (Å²) in [6.45, 7) is 4.25. The number of aromatic nitrogens is 2. The molecule has 0 atom stereocenters. The van der Waals surface area contributed by atoms with Gasteiger partial charge in [-0.2, -0.15) is 0 Å². The molecule has 1 aliphatic rings. The summed E-state index contributed by atoms with van der Waals surface area (Å²) < 4.78 is 1.13. The zero-order valence-electron chi connectivity index (χ0n) is 16.1. The predicted molar refractivity (Wildman–Crippen MR) is 111 cm³/mol. The van der Waals surface area contributed by atoms with E-state index in [-0.39, 0.29) is 23.8 Å². The van der Waals surface area contributed by atoms with Gasteiger partial charge in [0.1, 0.15) is 5.75 Å². The molecular formula is C21H22N4O4. The number of anilines is 1. The number of aromatic hydroxyl groups is 1. The minimum Gasteiger partial charge on any atom is -0.506 e. The Bertz CT molecular complexity index is 1190. The van der Waals surface area contributed by atoms with E-state index in [0.717, 1.165) is 10.3 Å². The molecule has 0 spiro atoms. The summed E-state index contributed by atoms with van der Waals surface area (Å²) in [5.41, 5.74) is 0.712. The summed E-state index contributed by atoms with van der Waals surface area (Å²) in [5, 5.41) is 10.4. The number of hydrogen-bond donors (Lipinski definition) is 2. The van der Waals surface area contributed by atoms with Gasteiger partial charge in [-0.25, -0.2) is 4.79 Å². The van der Waals surface area contributed by atoms with Crippen LogP contribution in [0.1, 0.15) is 17.3 Å². The van der Waals surface area contributed by atoms with Gasteiger partial charge in [0.15, 0.2) is 0 Å². The van der Waals surface area contributed by atoms with Gasteiger partial charge in [-0.1, -0.05) is 12.1 Å². The first-order chi connectivity index (χ1) is 14.0. The Kier molecular flexibility index (Phi) is 4.84. The number of fused-ring (bicyclic) bond motifs is 1. The fourth-order valence-corrected chi connectivity index (χ4v) is 3.74. The quantitative estimate of drug-likeness (QED) is 0.699. The van der Waals surface area contributed by atoms with Crippen LogP contribution in [0.25, 0.3) is 10.9 Å². The van der Waals surface area contributed by atoms with E-state index >= 15 is 0 Å². The maximum absolute atomic E-state index is 12.9. The Labute approximate surface area is 166 Å². The summed E-state index contributed by atoms with van der Waals surface area (Å²) in [6.07, 6.45) is 0. The highest BCUT2D eigenvalue weighted by atomic mass is 16.3. The van der Waals surface area contributed by atoms with Crippen LogP contribution in [0.5, 0.6) is 5.75 Å². The minimum atomic E-state index is -0.481. The topological polar surface area (TPSA) is 98.6 Å². The number of piperazine rings is 1. The van der Waals surface area contributed by atoms with Gasteiger partial charge in [0.25, 0.3) is 11.5 Å². The largest absolute Gasteiger partial charge is 0.506 e. The number of H-pyrrole nitrogens is 1. The number of benzene rings is 2. The first kappa shape index (κ1) is 18.8. The number of rotatable bonds is 3. The molecule has 4 rings (SSSR count). The van der Waals surface area contributed by atoms with E-state index in [1.807, 2.05) is 17.0 Å². The second-order valence-corrected chi connectivity index (χ2v) is 7.01. The molecule has 0 radical (unpaired) electrons. The van der Waals surface area contributed by atoms with Gasteiger partial charge in [-0.05, 0) is 37.3 Å². The van der Waals surface area contributed by atoms with Crippen molar-refractivity contribution in [3.05, 3.63) is 68.9 Å². The smallest absolute Gasteiger partial charge is 0.328 e. The van der Waals surface area contributed by atoms with E-state index in [2.05, 4.69) is 4.98 Å². The standard InChI is InChI=1S/C21H22N4O4/c1-2-25-20(28)15-8-7-14(13-16(15)22-21(25)29)19(27)24-11-9-23(10-12-24)17-5-3-4-6-18(17)26/h3-8,13,26H,2,9-12H2,1H3,(H,22,29). The third kappa shape index (κ3) is 3.37. The lowest BCUT2D eigenvalue weighted by Gasteiger charge is -2.36. The van der Waals surface area contributed by atoms with Crippen LogP contribution in [0.3, 0.4) is 0 Å². The molecule has 1 aliphatic heterocycles. The number of phenolic OH excluding ortho intramolecular Hbond substituents is 1. The number of nitrogens with one attached hydrogen (secondary N) is 1. The molecule has 8 heteroatoms. The Morgan fingerprint density at radius 2 is 1.79 bits per heavy atom. The molecular weight excluding hydrogens is 372 g/mol. The Hall–Kier alpha value is -3.55. The maximum atomic E-state index is 12.9. The summed E-state index contributed by atoms with van der Waals surface area (Å²) in [7, 11) is 0. The van der Waals surface area contributed by atoms with Crippen LogP contribution < -0.4 is 16.1 Å². The second-order valence-electron chi connectivity index (χ2n) is 7.01. The Balaban J connectivity index is 1.55. The number of amides is 1. The molecule has 0 aliphatic carbocycles. The van der Waals surface area contributed by atoms with Gasteiger partial charge in [-0.15, -0.1) is 0 Å². The van der Waals surface area contributed by atoms with Gasteiger partial charge >= 0.3 is 5.69 Å².